The molecule has 0 aromatic carbocycles. The largest absolute Gasteiger partial charge is 0.383 e. The van der Waals surface area contributed by atoms with E-state index in [0.29, 0.717) is 18.7 Å². The molecule has 0 radical (unpaired) electrons. The summed E-state index contributed by atoms with van der Waals surface area (Å²) in [7, 11) is 1.65. The maximum atomic E-state index is 12.0. The minimum atomic E-state index is -0.279. The van der Waals surface area contributed by atoms with E-state index in [9.17, 15) is 9.59 Å². The molecular weight excluding hydrogens is 246 g/mol. The van der Waals surface area contributed by atoms with E-state index in [2.05, 4.69) is 15.6 Å². The molecule has 1 amide bonds. The number of methoxy groups -OCH3 is 1. The molecule has 0 spiro atoms. The van der Waals surface area contributed by atoms with Gasteiger partial charge in [-0.25, -0.2) is 0 Å². The fourth-order valence-corrected chi connectivity index (χ4v) is 2.41. The smallest absolute Gasteiger partial charge is 0.251 e. The van der Waals surface area contributed by atoms with Gasteiger partial charge in [0.25, 0.3) is 5.91 Å². The average molecular weight is 265 g/mol. The van der Waals surface area contributed by atoms with Crippen LogP contribution in [0.15, 0.2) is 23.1 Å². The van der Waals surface area contributed by atoms with Crippen LogP contribution in [0.3, 0.4) is 0 Å². The first-order valence-corrected chi connectivity index (χ1v) is 6.36. The van der Waals surface area contributed by atoms with E-state index in [-0.39, 0.29) is 17.0 Å². The lowest BCUT2D eigenvalue weighted by atomic mass is 9.98. The monoisotopic (exact) mass is 265 g/mol. The number of amides is 1. The average Bonchev–Trinajstić information content (AvgIpc) is 2.85. The summed E-state index contributed by atoms with van der Waals surface area (Å²) in [5.74, 6) is -0.240. The molecule has 2 rings (SSSR count). The Hall–Kier alpha value is -1.66. The number of hydrogen-bond donors (Lipinski definition) is 3. The van der Waals surface area contributed by atoms with Crippen LogP contribution in [0.4, 0.5) is 0 Å². The van der Waals surface area contributed by atoms with E-state index < -0.39 is 0 Å². The Morgan fingerprint density at radius 1 is 1.58 bits per heavy atom. The van der Waals surface area contributed by atoms with Crippen molar-refractivity contribution in [3.05, 3.63) is 34.2 Å². The highest BCUT2D eigenvalue weighted by Gasteiger charge is 2.33. The van der Waals surface area contributed by atoms with Crippen molar-refractivity contribution in [2.45, 2.75) is 18.4 Å². The maximum absolute atomic E-state index is 12.0. The second kappa shape index (κ2) is 5.99. The maximum Gasteiger partial charge on any atom is 0.251 e. The summed E-state index contributed by atoms with van der Waals surface area (Å²) in [6.45, 7) is 1.99. The first-order chi connectivity index (χ1) is 9.15. The summed E-state index contributed by atoms with van der Waals surface area (Å²) in [5, 5.41) is 6.24. The van der Waals surface area contributed by atoms with E-state index in [4.69, 9.17) is 4.74 Å². The van der Waals surface area contributed by atoms with E-state index in [1.807, 2.05) is 0 Å². The second-order valence-corrected chi connectivity index (χ2v) is 4.87. The molecule has 2 heterocycles. The van der Waals surface area contributed by atoms with Gasteiger partial charge in [-0.15, -0.1) is 0 Å². The van der Waals surface area contributed by atoms with Crippen LogP contribution in [-0.4, -0.2) is 43.2 Å². The van der Waals surface area contributed by atoms with Gasteiger partial charge in [-0.1, -0.05) is 0 Å². The predicted molar refractivity (Wildman–Crippen MR) is 71.2 cm³/mol. The highest BCUT2D eigenvalue weighted by molar-refractivity contribution is 5.94. The molecule has 1 aromatic rings. The Morgan fingerprint density at radius 2 is 2.42 bits per heavy atom. The van der Waals surface area contributed by atoms with Crippen molar-refractivity contribution in [3.63, 3.8) is 0 Å². The number of rotatable bonds is 5. The molecule has 0 bridgehead atoms. The van der Waals surface area contributed by atoms with E-state index >= 15 is 0 Å². The molecule has 3 N–H and O–H groups in total. The molecule has 1 aliphatic rings. The molecule has 1 fully saturated rings. The number of pyridine rings is 1. The fourth-order valence-electron chi connectivity index (χ4n) is 2.41. The number of aromatic nitrogens is 1. The van der Waals surface area contributed by atoms with Crippen LogP contribution in [0.2, 0.25) is 0 Å². The van der Waals surface area contributed by atoms with Crippen molar-refractivity contribution >= 4 is 5.91 Å². The summed E-state index contributed by atoms with van der Waals surface area (Å²) in [4.78, 5) is 25.6. The van der Waals surface area contributed by atoms with Gasteiger partial charge in [-0.05, 0) is 25.5 Å². The zero-order valence-electron chi connectivity index (χ0n) is 11.0. The van der Waals surface area contributed by atoms with Crippen LogP contribution in [0, 0.1) is 0 Å². The number of hydrogen-bond acceptors (Lipinski definition) is 4. The van der Waals surface area contributed by atoms with Gasteiger partial charge < -0.3 is 20.4 Å². The third kappa shape index (κ3) is 3.42. The van der Waals surface area contributed by atoms with Gasteiger partial charge in [0.2, 0.25) is 5.56 Å². The van der Waals surface area contributed by atoms with Crippen molar-refractivity contribution in [2.24, 2.45) is 0 Å². The minimum absolute atomic E-state index is 0.189. The summed E-state index contributed by atoms with van der Waals surface area (Å²) < 4.78 is 5.22. The number of ether oxygens (including phenoxy) is 1. The lowest BCUT2D eigenvalue weighted by Crippen LogP contribution is -2.53. The van der Waals surface area contributed by atoms with E-state index in [1.165, 1.54) is 12.3 Å². The Bertz CT molecular complexity index is 492. The number of aromatic amines is 1. The summed E-state index contributed by atoms with van der Waals surface area (Å²) in [6.07, 6.45) is 3.51. The van der Waals surface area contributed by atoms with Gasteiger partial charge in [0, 0.05) is 31.5 Å². The van der Waals surface area contributed by atoms with Gasteiger partial charge >= 0.3 is 0 Å². The quantitative estimate of drug-likeness (QED) is 0.693. The summed E-state index contributed by atoms with van der Waals surface area (Å²) >= 11 is 0. The molecular formula is C13H19N3O3. The Kier molecular flexibility index (Phi) is 4.34. The van der Waals surface area contributed by atoms with Crippen molar-refractivity contribution < 1.29 is 9.53 Å². The van der Waals surface area contributed by atoms with Crippen LogP contribution in [0.5, 0.6) is 0 Å². The highest BCUT2D eigenvalue weighted by atomic mass is 16.5. The van der Waals surface area contributed by atoms with Crippen LogP contribution in [0.1, 0.15) is 23.2 Å². The van der Waals surface area contributed by atoms with E-state index in [0.717, 1.165) is 19.4 Å². The van der Waals surface area contributed by atoms with Crippen LogP contribution < -0.4 is 16.2 Å². The van der Waals surface area contributed by atoms with Crippen LogP contribution >= 0.6 is 0 Å². The lowest BCUT2D eigenvalue weighted by Gasteiger charge is -2.28. The van der Waals surface area contributed by atoms with Crippen LogP contribution in [-0.2, 0) is 4.74 Å². The Morgan fingerprint density at radius 3 is 3.05 bits per heavy atom. The van der Waals surface area contributed by atoms with Crippen molar-refractivity contribution in [1.29, 1.82) is 0 Å². The molecule has 0 aliphatic carbocycles. The van der Waals surface area contributed by atoms with Gasteiger partial charge in [-0.3, -0.25) is 9.59 Å². The fraction of sp³-hybridized carbons (Fsp3) is 0.538. The first kappa shape index (κ1) is 13.8. The normalized spacial score (nSPS) is 22.4. The molecule has 104 valence electrons. The zero-order valence-corrected chi connectivity index (χ0v) is 11.0. The molecule has 1 saturated heterocycles. The number of carbonyl (C=O) groups excluding carboxylic acids is 1. The molecule has 0 saturated carbocycles. The van der Waals surface area contributed by atoms with Gasteiger partial charge in [0.15, 0.2) is 0 Å². The third-order valence-corrected chi connectivity index (χ3v) is 3.38. The standard InChI is InChI=1S/C13H19N3O3/c1-19-9-13(4-2-5-16-13)8-15-12(18)10-3-6-14-11(17)7-10/h3,6-7,16H,2,4-5,8-9H2,1H3,(H,14,17)(H,15,18). The molecule has 1 aromatic heterocycles. The Labute approximate surface area is 111 Å². The second-order valence-electron chi connectivity index (χ2n) is 4.87. The van der Waals surface area contributed by atoms with Crippen LogP contribution in [0.25, 0.3) is 0 Å². The summed E-state index contributed by atoms with van der Waals surface area (Å²) in [6, 6.07) is 2.88. The minimum Gasteiger partial charge on any atom is -0.383 e. The van der Waals surface area contributed by atoms with E-state index in [1.54, 1.807) is 13.2 Å². The van der Waals surface area contributed by atoms with Gasteiger partial charge in [0.1, 0.15) is 0 Å². The molecule has 1 unspecified atom stereocenters. The third-order valence-electron chi connectivity index (χ3n) is 3.38. The molecule has 1 aliphatic heterocycles. The number of H-pyrrole nitrogens is 1. The Balaban J connectivity index is 1.97. The zero-order chi connectivity index (χ0) is 13.7. The molecule has 19 heavy (non-hydrogen) atoms. The van der Waals surface area contributed by atoms with Gasteiger partial charge in [0.05, 0.1) is 12.1 Å². The number of carbonyl (C=O) groups is 1. The van der Waals surface area contributed by atoms with Crippen molar-refractivity contribution in [2.75, 3.05) is 26.8 Å². The van der Waals surface area contributed by atoms with Crippen molar-refractivity contribution in [3.8, 4) is 0 Å². The SMILES string of the molecule is COCC1(CNC(=O)c2cc[nH]c(=O)c2)CCCN1. The molecule has 6 heteroatoms. The first-order valence-electron chi connectivity index (χ1n) is 6.36. The molecule has 1 atom stereocenters. The van der Waals surface area contributed by atoms with Gasteiger partial charge in [-0.2, -0.15) is 0 Å². The highest BCUT2D eigenvalue weighted by Crippen LogP contribution is 2.18. The lowest BCUT2D eigenvalue weighted by molar-refractivity contribution is 0.0892. The van der Waals surface area contributed by atoms with Crippen molar-refractivity contribution in [1.82, 2.24) is 15.6 Å². The topological polar surface area (TPSA) is 83.2 Å². The molecule has 6 nitrogen and oxygen atoms in total. The number of nitrogens with one attached hydrogen (secondary N) is 3. The predicted octanol–water partition coefficient (Wildman–Crippen LogP) is -0.127. The summed E-state index contributed by atoms with van der Waals surface area (Å²) in [5.41, 5.74) is -0.0985.